The van der Waals surface area contributed by atoms with Gasteiger partial charge in [0.05, 0.1) is 9.79 Å². The number of piperidine rings is 1. The van der Waals surface area contributed by atoms with E-state index in [-0.39, 0.29) is 34.7 Å². The maximum Gasteiger partial charge on any atom is 0.243 e. The van der Waals surface area contributed by atoms with E-state index in [1.54, 1.807) is 11.8 Å². The van der Waals surface area contributed by atoms with Crippen molar-refractivity contribution in [3.8, 4) is 0 Å². The molecule has 0 radical (unpaired) electrons. The summed E-state index contributed by atoms with van der Waals surface area (Å²) >= 11 is 1.62. The van der Waals surface area contributed by atoms with Gasteiger partial charge in [0, 0.05) is 35.8 Å². The smallest absolute Gasteiger partial charge is 0.243 e. The number of benzene rings is 2. The normalized spacial score (nSPS) is 16.3. The number of anilines is 1. The minimum Gasteiger partial charge on any atom is -0.326 e. The molecule has 0 atom stereocenters. The molecule has 1 aliphatic heterocycles. The molecule has 2 aromatic carbocycles. The van der Waals surface area contributed by atoms with Crippen molar-refractivity contribution < 1.29 is 21.6 Å². The van der Waals surface area contributed by atoms with E-state index in [9.17, 15) is 21.6 Å². The second kappa shape index (κ2) is 9.09. The number of amides is 1. The molecule has 30 heavy (non-hydrogen) atoms. The Kier molecular flexibility index (Phi) is 6.91. The third kappa shape index (κ3) is 5.23. The Bertz CT molecular complexity index is 1120. The highest BCUT2D eigenvalue weighted by Crippen LogP contribution is 2.26. The van der Waals surface area contributed by atoms with Crippen molar-refractivity contribution in [3.05, 3.63) is 48.5 Å². The average molecular weight is 469 g/mol. The van der Waals surface area contributed by atoms with Gasteiger partial charge in [-0.1, -0.05) is 6.07 Å². The molecule has 0 aromatic heterocycles. The fraction of sp³-hybridized carbons (Fsp3) is 0.350. The lowest BCUT2D eigenvalue weighted by atomic mass is 9.97. The molecule has 0 bridgehead atoms. The molecule has 7 nitrogen and oxygen atoms in total. The number of rotatable bonds is 6. The highest BCUT2D eigenvalue weighted by molar-refractivity contribution is 7.98. The predicted molar refractivity (Wildman–Crippen MR) is 118 cm³/mol. The van der Waals surface area contributed by atoms with Crippen molar-refractivity contribution in [1.29, 1.82) is 0 Å². The Hall–Kier alpha value is -1.88. The van der Waals surface area contributed by atoms with Crippen LogP contribution in [0.1, 0.15) is 12.8 Å². The molecular formula is C20H24N2O5S3. The summed E-state index contributed by atoms with van der Waals surface area (Å²) in [6.45, 7) is 0.407. The first kappa shape index (κ1) is 22.8. The van der Waals surface area contributed by atoms with Crippen LogP contribution < -0.4 is 5.32 Å². The molecule has 1 aliphatic rings. The molecule has 1 amide bonds. The lowest BCUT2D eigenvalue weighted by molar-refractivity contribution is -0.120. The van der Waals surface area contributed by atoms with E-state index >= 15 is 0 Å². The van der Waals surface area contributed by atoms with E-state index in [1.807, 2.05) is 30.5 Å². The van der Waals surface area contributed by atoms with Crippen LogP contribution in [0.25, 0.3) is 0 Å². The minimum absolute atomic E-state index is 0.0367. The van der Waals surface area contributed by atoms with Gasteiger partial charge < -0.3 is 5.32 Å². The molecule has 1 N–H and O–H groups in total. The van der Waals surface area contributed by atoms with Crippen LogP contribution in [0.4, 0.5) is 5.69 Å². The summed E-state index contributed by atoms with van der Waals surface area (Å²) in [4.78, 5) is 13.6. The summed E-state index contributed by atoms with van der Waals surface area (Å²) < 4.78 is 50.6. The predicted octanol–water partition coefficient (Wildman–Crippen LogP) is 2.85. The number of nitrogens with zero attached hydrogens (tertiary/aromatic N) is 1. The Morgan fingerprint density at radius 2 is 1.60 bits per heavy atom. The van der Waals surface area contributed by atoms with Gasteiger partial charge in [0.15, 0.2) is 9.84 Å². The summed E-state index contributed by atoms with van der Waals surface area (Å²) in [5, 5.41) is 2.89. The van der Waals surface area contributed by atoms with E-state index in [1.165, 1.54) is 28.6 Å². The summed E-state index contributed by atoms with van der Waals surface area (Å²) in [7, 11) is -7.33. The van der Waals surface area contributed by atoms with Crippen LogP contribution in [0.5, 0.6) is 0 Å². The number of carbonyl (C=O) groups is 1. The molecule has 10 heteroatoms. The first-order valence-electron chi connectivity index (χ1n) is 9.36. The van der Waals surface area contributed by atoms with Crippen LogP contribution in [-0.2, 0) is 24.7 Å². The van der Waals surface area contributed by atoms with Gasteiger partial charge in [0.25, 0.3) is 0 Å². The Balaban J connectivity index is 1.65. The first-order valence-corrected chi connectivity index (χ1v) is 13.9. The van der Waals surface area contributed by atoms with Crippen LogP contribution in [0, 0.1) is 5.92 Å². The van der Waals surface area contributed by atoms with Gasteiger partial charge in [-0.2, -0.15) is 4.31 Å². The molecule has 162 valence electrons. The van der Waals surface area contributed by atoms with Crippen molar-refractivity contribution >= 4 is 43.2 Å². The van der Waals surface area contributed by atoms with Crippen molar-refractivity contribution in [3.63, 3.8) is 0 Å². The second-order valence-corrected chi connectivity index (χ2v) is 12.0. The quantitative estimate of drug-likeness (QED) is 0.655. The molecule has 0 aliphatic carbocycles. The van der Waals surface area contributed by atoms with Crippen molar-refractivity contribution in [2.75, 3.05) is 30.9 Å². The zero-order valence-electron chi connectivity index (χ0n) is 16.7. The molecule has 0 saturated carbocycles. The highest BCUT2D eigenvalue weighted by atomic mass is 32.2. The van der Waals surface area contributed by atoms with Crippen LogP contribution in [0.2, 0.25) is 0 Å². The standard InChI is InChI=1S/C20H24N2O5S3/c1-28-17-8-6-16(7-9-17)21-20(23)15-10-12-22(13-11-15)30(26,27)19-5-3-4-18(14-19)29(2,24)25/h3-9,14-15H,10-13H2,1-2H3,(H,21,23). The van der Waals surface area contributed by atoms with E-state index in [0.717, 1.165) is 11.2 Å². The molecule has 3 rings (SSSR count). The van der Waals surface area contributed by atoms with Gasteiger partial charge in [-0.15, -0.1) is 11.8 Å². The molecule has 1 fully saturated rings. The number of hydrogen-bond acceptors (Lipinski definition) is 6. The van der Waals surface area contributed by atoms with Crippen LogP contribution in [0.3, 0.4) is 0 Å². The van der Waals surface area contributed by atoms with Gasteiger partial charge in [-0.05, 0) is 61.6 Å². The van der Waals surface area contributed by atoms with Crippen molar-refractivity contribution in [1.82, 2.24) is 4.31 Å². The fourth-order valence-electron chi connectivity index (χ4n) is 3.29. The first-order chi connectivity index (χ1) is 14.1. The molecule has 1 heterocycles. The van der Waals surface area contributed by atoms with Crippen LogP contribution in [0.15, 0.2) is 63.2 Å². The Morgan fingerprint density at radius 3 is 2.17 bits per heavy atom. The zero-order chi connectivity index (χ0) is 21.9. The van der Waals surface area contributed by atoms with E-state index in [0.29, 0.717) is 18.5 Å². The summed E-state index contributed by atoms with van der Waals surface area (Å²) in [5.41, 5.74) is 0.713. The number of thioether (sulfide) groups is 1. The Labute approximate surface area is 181 Å². The van der Waals surface area contributed by atoms with Crippen molar-refractivity contribution in [2.45, 2.75) is 27.5 Å². The highest BCUT2D eigenvalue weighted by Gasteiger charge is 2.32. The van der Waals surface area contributed by atoms with Crippen LogP contribution in [-0.4, -0.2) is 52.6 Å². The molecule has 1 saturated heterocycles. The number of hydrogen-bond donors (Lipinski definition) is 1. The Morgan fingerprint density at radius 1 is 1.00 bits per heavy atom. The largest absolute Gasteiger partial charge is 0.326 e. The van der Waals surface area contributed by atoms with E-state index in [2.05, 4.69) is 5.32 Å². The lowest BCUT2D eigenvalue weighted by Gasteiger charge is -2.30. The number of sulfone groups is 1. The molecule has 0 spiro atoms. The van der Waals surface area contributed by atoms with E-state index < -0.39 is 19.9 Å². The fourth-order valence-corrected chi connectivity index (χ4v) is 5.96. The minimum atomic E-state index is -3.83. The average Bonchev–Trinajstić information content (AvgIpc) is 2.74. The second-order valence-electron chi connectivity index (χ2n) is 7.14. The third-order valence-electron chi connectivity index (χ3n) is 5.05. The van der Waals surface area contributed by atoms with Gasteiger partial charge in [0.1, 0.15) is 0 Å². The SMILES string of the molecule is CSc1ccc(NC(=O)C2CCN(S(=O)(=O)c3cccc(S(C)(=O)=O)c3)CC2)cc1. The summed E-state index contributed by atoms with van der Waals surface area (Å²) in [5.74, 6) is -0.401. The monoisotopic (exact) mass is 468 g/mol. The maximum absolute atomic E-state index is 12.9. The zero-order valence-corrected chi connectivity index (χ0v) is 19.2. The number of carbonyl (C=O) groups excluding carboxylic acids is 1. The van der Waals surface area contributed by atoms with Gasteiger partial charge in [-0.25, -0.2) is 16.8 Å². The topological polar surface area (TPSA) is 101 Å². The molecule has 0 unspecified atom stereocenters. The number of nitrogens with one attached hydrogen (secondary N) is 1. The third-order valence-corrected chi connectivity index (χ3v) is 8.80. The molecular weight excluding hydrogens is 444 g/mol. The molecule has 2 aromatic rings. The lowest BCUT2D eigenvalue weighted by Crippen LogP contribution is -2.41. The van der Waals surface area contributed by atoms with Gasteiger partial charge in [-0.3, -0.25) is 4.79 Å². The summed E-state index contributed by atoms with van der Waals surface area (Å²) in [6.07, 6.45) is 3.82. The van der Waals surface area contributed by atoms with Gasteiger partial charge >= 0.3 is 0 Å². The maximum atomic E-state index is 12.9. The van der Waals surface area contributed by atoms with Gasteiger partial charge in [0.2, 0.25) is 15.9 Å². The van der Waals surface area contributed by atoms with Crippen molar-refractivity contribution in [2.24, 2.45) is 5.92 Å². The van der Waals surface area contributed by atoms with Crippen LogP contribution >= 0.6 is 11.8 Å². The number of sulfonamides is 1. The summed E-state index contributed by atoms with van der Waals surface area (Å²) in [6, 6.07) is 12.9. The van der Waals surface area contributed by atoms with E-state index in [4.69, 9.17) is 0 Å².